The van der Waals surface area contributed by atoms with E-state index >= 15 is 0 Å². The van der Waals surface area contributed by atoms with Gasteiger partial charge in [0, 0.05) is 6.07 Å². The Morgan fingerprint density at radius 3 is 2.65 bits per heavy atom. The van der Waals surface area contributed by atoms with Gasteiger partial charge < -0.3 is 4.74 Å². The topological polar surface area (TPSA) is 104 Å². The second-order valence-corrected chi connectivity index (χ2v) is 6.44. The van der Waals surface area contributed by atoms with Crippen LogP contribution in [0, 0.1) is 10.1 Å². The van der Waals surface area contributed by atoms with E-state index in [9.17, 15) is 18.5 Å². The van der Waals surface area contributed by atoms with Crippen molar-refractivity contribution in [3.05, 3.63) is 58.9 Å². The number of aromatic nitrogens is 2. The normalized spacial score (nSPS) is 11.5. The summed E-state index contributed by atoms with van der Waals surface area (Å²) in [5.41, 5.74) is 0.489. The lowest BCUT2D eigenvalue weighted by Crippen LogP contribution is -2.12. The van der Waals surface area contributed by atoms with Crippen molar-refractivity contribution in [1.82, 2.24) is 8.96 Å². The Labute approximate surface area is 131 Å². The molecular formula is C14H11N3O5S. The Kier molecular flexibility index (Phi) is 3.49. The lowest BCUT2D eigenvalue weighted by atomic mass is 10.3. The van der Waals surface area contributed by atoms with Crippen LogP contribution < -0.4 is 4.74 Å². The number of nitro groups is 1. The molecule has 23 heavy (non-hydrogen) atoms. The summed E-state index contributed by atoms with van der Waals surface area (Å²) in [6.07, 6.45) is 1.18. The maximum absolute atomic E-state index is 12.7. The van der Waals surface area contributed by atoms with Crippen LogP contribution in [0.25, 0.3) is 11.0 Å². The third kappa shape index (κ3) is 2.40. The van der Waals surface area contributed by atoms with Crippen molar-refractivity contribution in [2.75, 3.05) is 7.11 Å². The average molecular weight is 333 g/mol. The number of para-hydroxylation sites is 2. The number of hydrogen-bond acceptors (Lipinski definition) is 6. The standard InChI is InChI=1S/C14H11N3O5S/c1-22-14-7-6-10(8-13(14)17(18)19)23(20,21)16-9-15-11-4-2-3-5-12(11)16/h2-9H,1H3. The first kappa shape index (κ1) is 15.0. The number of nitro benzene ring substituents is 1. The maximum Gasteiger partial charge on any atom is 0.312 e. The largest absolute Gasteiger partial charge is 0.490 e. The number of methoxy groups -OCH3 is 1. The van der Waals surface area contributed by atoms with Crippen LogP contribution in [-0.2, 0) is 10.0 Å². The van der Waals surface area contributed by atoms with Crippen LogP contribution >= 0.6 is 0 Å². The van der Waals surface area contributed by atoms with Crippen molar-refractivity contribution in [1.29, 1.82) is 0 Å². The van der Waals surface area contributed by atoms with Crippen LogP contribution in [0.3, 0.4) is 0 Å². The number of ether oxygens (including phenoxy) is 1. The molecule has 0 amide bonds. The monoisotopic (exact) mass is 333 g/mol. The van der Waals surface area contributed by atoms with Crippen molar-refractivity contribution >= 4 is 26.7 Å². The van der Waals surface area contributed by atoms with Gasteiger partial charge in [0.1, 0.15) is 6.33 Å². The minimum absolute atomic E-state index is 0.00978. The zero-order valence-corrected chi connectivity index (χ0v) is 12.7. The Morgan fingerprint density at radius 1 is 1.22 bits per heavy atom. The van der Waals surface area contributed by atoms with Gasteiger partial charge in [-0.1, -0.05) is 12.1 Å². The van der Waals surface area contributed by atoms with E-state index in [0.29, 0.717) is 11.0 Å². The summed E-state index contributed by atoms with van der Waals surface area (Å²) in [5, 5.41) is 11.1. The van der Waals surface area contributed by atoms with Gasteiger partial charge in [0.25, 0.3) is 10.0 Å². The molecule has 0 spiro atoms. The van der Waals surface area contributed by atoms with E-state index in [2.05, 4.69) is 4.98 Å². The zero-order chi connectivity index (χ0) is 16.6. The number of imidazole rings is 1. The van der Waals surface area contributed by atoms with Crippen LogP contribution in [0.4, 0.5) is 5.69 Å². The van der Waals surface area contributed by atoms with Gasteiger partial charge in [0.05, 0.1) is 28.0 Å². The second kappa shape index (κ2) is 5.36. The molecule has 118 valence electrons. The van der Waals surface area contributed by atoms with Crippen LogP contribution in [0.2, 0.25) is 0 Å². The van der Waals surface area contributed by atoms with Crippen LogP contribution in [0.5, 0.6) is 5.75 Å². The van der Waals surface area contributed by atoms with Gasteiger partial charge in [-0.15, -0.1) is 0 Å². The highest BCUT2D eigenvalue weighted by Gasteiger charge is 2.24. The van der Waals surface area contributed by atoms with Crippen LogP contribution in [0.15, 0.2) is 53.7 Å². The predicted octanol–water partition coefficient (Wildman–Crippen LogP) is 2.19. The summed E-state index contributed by atoms with van der Waals surface area (Å²) in [6.45, 7) is 0. The average Bonchev–Trinajstić information content (AvgIpc) is 2.98. The lowest BCUT2D eigenvalue weighted by Gasteiger charge is -2.08. The third-order valence-electron chi connectivity index (χ3n) is 3.32. The zero-order valence-electron chi connectivity index (χ0n) is 11.9. The van der Waals surface area contributed by atoms with Crippen LogP contribution in [-0.4, -0.2) is 29.4 Å². The number of benzene rings is 2. The van der Waals surface area contributed by atoms with E-state index in [4.69, 9.17) is 4.74 Å². The molecule has 2 aromatic carbocycles. The van der Waals surface area contributed by atoms with Gasteiger partial charge in [-0.25, -0.2) is 17.4 Å². The van der Waals surface area contributed by atoms with E-state index < -0.39 is 20.6 Å². The predicted molar refractivity (Wildman–Crippen MR) is 82.0 cm³/mol. The minimum atomic E-state index is -4.01. The first-order chi connectivity index (χ1) is 10.9. The van der Waals surface area contributed by atoms with Crippen molar-refractivity contribution in [2.45, 2.75) is 4.90 Å². The molecule has 0 N–H and O–H groups in total. The molecule has 3 aromatic rings. The molecule has 0 aliphatic rings. The molecule has 1 heterocycles. The van der Waals surface area contributed by atoms with Gasteiger partial charge in [-0.05, 0) is 24.3 Å². The van der Waals surface area contributed by atoms with Gasteiger partial charge in [-0.2, -0.15) is 0 Å². The molecule has 0 atom stereocenters. The maximum atomic E-state index is 12.7. The van der Waals surface area contributed by atoms with Crippen molar-refractivity contribution in [3.8, 4) is 5.75 Å². The fraction of sp³-hybridized carbons (Fsp3) is 0.0714. The fourth-order valence-electron chi connectivity index (χ4n) is 2.21. The smallest absolute Gasteiger partial charge is 0.312 e. The highest BCUT2D eigenvalue weighted by atomic mass is 32.2. The first-order valence-electron chi connectivity index (χ1n) is 6.45. The first-order valence-corrected chi connectivity index (χ1v) is 7.89. The van der Waals surface area contributed by atoms with Crippen molar-refractivity contribution in [3.63, 3.8) is 0 Å². The Bertz CT molecular complexity index is 1010. The molecule has 0 saturated heterocycles. The molecule has 0 unspecified atom stereocenters. The summed E-state index contributed by atoms with van der Waals surface area (Å²) in [4.78, 5) is 14.2. The lowest BCUT2D eigenvalue weighted by molar-refractivity contribution is -0.386. The van der Waals surface area contributed by atoms with Crippen molar-refractivity contribution in [2.24, 2.45) is 0 Å². The fourth-order valence-corrected chi connectivity index (χ4v) is 3.53. The van der Waals surface area contributed by atoms with E-state index in [-0.39, 0.29) is 10.6 Å². The Morgan fingerprint density at radius 2 is 1.96 bits per heavy atom. The summed E-state index contributed by atoms with van der Waals surface area (Å²) < 4.78 is 31.4. The molecule has 0 saturated carbocycles. The molecule has 0 bridgehead atoms. The quantitative estimate of drug-likeness (QED) is 0.535. The number of rotatable bonds is 4. The van der Waals surface area contributed by atoms with E-state index in [1.54, 1.807) is 24.3 Å². The Hall–Kier alpha value is -2.94. The molecule has 0 aliphatic heterocycles. The van der Waals surface area contributed by atoms with Gasteiger partial charge >= 0.3 is 5.69 Å². The van der Waals surface area contributed by atoms with E-state index in [1.165, 1.54) is 25.6 Å². The molecule has 1 aromatic heterocycles. The van der Waals surface area contributed by atoms with Crippen LogP contribution in [0.1, 0.15) is 0 Å². The third-order valence-corrected chi connectivity index (χ3v) is 4.98. The molecular weight excluding hydrogens is 322 g/mol. The van der Waals surface area contributed by atoms with Gasteiger partial charge in [0.15, 0.2) is 5.75 Å². The van der Waals surface area contributed by atoms with Gasteiger partial charge in [-0.3, -0.25) is 10.1 Å². The number of fused-ring (bicyclic) bond motifs is 1. The van der Waals surface area contributed by atoms with Crippen molar-refractivity contribution < 1.29 is 18.1 Å². The highest BCUT2D eigenvalue weighted by molar-refractivity contribution is 7.90. The molecule has 0 radical (unpaired) electrons. The Balaban J connectivity index is 2.21. The summed E-state index contributed by atoms with van der Waals surface area (Å²) >= 11 is 0. The van der Waals surface area contributed by atoms with E-state index in [0.717, 1.165) is 10.0 Å². The molecule has 3 rings (SSSR count). The highest BCUT2D eigenvalue weighted by Crippen LogP contribution is 2.30. The van der Waals surface area contributed by atoms with Gasteiger partial charge in [0.2, 0.25) is 0 Å². The summed E-state index contributed by atoms with van der Waals surface area (Å²) in [7, 11) is -2.73. The summed E-state index contributed by atoms with van der Waals surface area (Å²) in [5.74, 6) is -0.00978. The SMILES string of the molecule is COc1ccc(S(=O)(=O)n2cnc3ccccc32)cc1[N+](=O)[O-]. The molecule has 0 aliphatic carbocycles. The molecule has 0 fully saturated rings. The second-order valence-electron chi connectivity index (χ2n) is 4.62. The minimum Gasteiger partial charge on any atom is -0.490 e. The number of nitrogens with zero attached hydrogens (tertiary/aromatic N) is 3. The number of hydrogen-bond donors (Lipinski definition) is 0. The molecule has 9 heteroatoms. The van der Waals surface area contributed by atoms with E-state index in [1.807, 2.05) is 0 Å². The summed E-state index contributed by atoms with van der Waals surface area (Å²) in [6, 6.07) is 10.2. The molecule has 8 nitrogen and oxygen atoms in total.